The maximum atomic E-state index is 11.6. The van der Waals surface area contributed by atoms with Crippen LogP contribution in [0.4, 0.5) is 0 Å². The van der Waals surface area contributed by atoms with E-state index in [2.05, 4.69) is 0 Å². The number of hydrogen-bond acceptors (Lipinski definition) is 4. The van der Waals surface area contributed by atoms with E-state index in [0.717, 1.165) is 5.56 Å². The molecule has 4 heteroatoms. The van der Waals surface area contributed by atoms with Gasteiger partial charge in [0.15, 0.2) is 0 Å². The summed E-state index contributed by atoms with van der Waals surface area (Å²) in [6.07, 6.45) is 0. The first kappa shape index (κ1) is 15.1. The van der Waals surface area contributed by atoms with Gasteiger partial charge in [-0.1, -0.05) is 42.5 Å². The third kappa shape index (κ3) is 4.33. The van der Waals surface area contributed by atoms with Gasteiger partial charge in [0, 0.05) is 0 Å². The second-order valence-corrected chi connectivity index (χ2v) is 4.58. The number of hydrogen-bond donors (Lipinski definition) is 1. The van der Waals surface area contributed by atoms with Crippen LogP contribution in [-0.4, -0.2) is 12.6 Å². The van der Waals surface area contributed by atoms with Gasteiger partial charge in [0.05, 0.1) is 6.61 Å². The third-order valence-electron chi connectivity index (χ3n) is 3.01. The molecule has 21 heavy (non-hydrogen) atoms. The summed E-state index contributed by atoms with van der Waals surface area (Å²) in [5.74, 6) is 0.244. The van der Waals surface area contributed by atoms with Crippen molar-refractivity contribution in [3.63, 3.8) is 0 Å². The lowest BCUT2D eigenvalue weighted by atomic mass is 10.1. The van der Waals surface area contributed by atoms with E-state index in [1.54, 1.807) is 19.1 Å². The van der Waals surface area contributed by atoms with Gasteiger partial charge in [0.1, 0.15) is 18.4 Å². The molecule has 2 aromatic rings. The Morgan fingerprint density at radius 1 is 1.14 bits per heavy atom. The second kappa shape index (κ2) is 7.45. The molecule has 2 aromatic carbocycles. The van der Waals surface area contributed by atoms with Crippen LogP contribution in [0.3, 0.4) is 0 Å². The first-order valence-corrected chi connectivity index (χ1v) is 6.89. The average molecular weight is 285 g/mol. The van der Waals surface area contributed by atoms with Crippen molar-refractivity contribution >= 4 is 5.97 Å². The number of carbonyl (C=O) groups excluding carboxylic acids is 1. The van der Waals surface area contributed by atoms with E-state index in [-0.39, 0.29) is 0 Å². The van der Waals surface area contributed by atoms with Crippen molar-refractivity contribution in [1.82, 2.24) is 0 Å². The lowest BCUT2D eigenvalue weighted by Crippen LogP contribution is -2.23. The summed E-state index contributed by atoms with van der Waals surface area (Å²) < 4.78 is 10.6. The molecule has 0 unspecified atom stereocenters. The van der Waals surface area contributed by atoms with Crippen LogP contribution >= 0.6 is 0 Å². The van der Waals surface area contributed by atoms with E-state index >= 15 is 0 Å². The summed E-state index contributed by atoms with van der Waals surface area (Å²) in [4.78, 5) is 11.6. The molecule has 110 valence electrons. The zero-order valence-corrected chi connectivity index (χ0v) is 12.0. The predicted octanol–water partition coefficient (Wildman–Crippen LogP) is 2.83. The van der Waals surface area contributed by atoms with E-state index in [0.29, 0.717) is 24.5 Å². The Bertz CT molecular complexity index is 584. The van der Waals surface area contributed by atoms with Gasteiger partial charge in [-0.3, -0.25) is 0 Å². The van der Waals surface area contributed by atoms with Crippen molar-refractivity contribution in [3.05, 3.63) is 65.7 Å². The zero-order valence-electron chi connectivity index (χ0n) is 12.0. The quantitative estimate of drug-likeness (QED) is 0.829. The molecule has 4 nitrogen and oxygen atoms in total. The molecule has 0 fully saturated rings. The fraction of sp³-hybridized carbons (Fsp3) is 0.235. The number of esters is 1. The van der Waals surface area contributed by atoms with E-state index in [4.69, 9.17) is 15.2 Å². The number of ether oxygens (including phenoxy) is 2. The highest BCUT2D eigenvalue weighted by molar-refractivity contribution is 5.77. The Labute approximate surface area is 124 Å². The smallest absolute Gasteiger partial charge is 0.327 e. The minimum Gasteiger partial charge on any atom is -0.489 e. The lowest BCUT2D eigenvalue weighted by Gasteiger charge is -2.12. The summed E-state index contributed by atoms with van der Waals surface area (Å²) in [5.41, 5.74) is 7.63. The molecule has 0 spiro atoms. The molecule has 0 radical (unpaired) electrons. The lowest BCUT2D eigenvalue weighted by molar-refractivity contribution is -0.144. The van der Waals surface area contributed by atoms with Crippen LogP contribution in [-0.2, 0) is 16.1 Å². The summed E-state index contributed by atoms with van der Waals surface area (Å²) in [5, 5.41) is 0. The largest absolute Gasteiger partial charge is 0.489 e. The molecule has 0 aliphatic carbocycles. The number of rotatable bonds is 6. The van der Waals surface area contributed by atoms with Crippen molar-refractivity contribution < 1.29 is 14.3 Å². The molecule has 0 heterocycles. The van der Waals surface area contributed by atoms with Crippen LogP contribution in [0.25, 0.3) is 0 Å². The molecule has 1 atom stereocenters. The van der Waals surface area contributed by atoms with Gasteiger partial charge in [-0.25, -0.2) is 4.79 Å². The van der Waals surface area contributed by atoms with Crippen LogP contribution in [0, 0.1) is 0 Å². The maximum absolute atomic E-state index is 11.6. The Morgan fingerprint density at radius 3 is 2.62 bits per heavy atom. The molecule has 0 amide bonds. The first-order valence-electron chi connectivity index (χ1n) is 6.89. The van der Waals surface area contributed by atoms with E-state index in [1.165, 1.54) is 0 Å². The molecule has 0 aromatic heterocycles. The fourth-order valence-corrected chi connectivity index (χ4v) is 1.91. The molecular weight excluding hydrogens is 266 g/mol. The monoisotopic (exact) mass is 285 g/mol. The first-order chi connectivity index (χ1) is 10.2. The van der Waals surface area contributed by atoms with Crippen LogP contribution in [0.5, 0.6) is 5.75 Å². The molecule has 0 aliphatic heterocycles. The molecule has 0 saturated carbocycles. The number of carbonyl (C=O) groups is 1. The maximum Gasteiger partial charge on any atom is 0.327 e. The van der Waals surface area contributed by atoms with Crippen LogP contribution in [0.1, 0.15) is 24.1 Å². The van der Waals surface area contributed by atoms with Crippen molar-refractivity contribution in [2.24, 2.45) is 5.73 Å². The second-order valence-electron chi connectivity index (χ2n) is 4.58. The molecule has 2 N–H and O–H groups in total. The molecular formula is C17H19NO3. The van der Waals surface area contributed by atoms with Crippen LogP contribution in [0.2, 0.25) is 0 Å². The average Bonchev–Trinajstić information content (AvgIpc) is 2.54. The summed E-state index contributed by atoms with van der Waals surface area (Å²) in [6, 6.07) is 16.3. The topological polar surface area (TPSA) is 61.5 Å². The van der Waals surface area contributed by atoms with Gasteiger partial charge in [-0.2, -0.15) is 0 Å². The van der Waals surface area contributed by atoms with Crippen molar-refractivity contribution in [2.45, 2.75) is 19.6 Å². The van der Waals surface area contributed by atoms with Gasteiger partial charge in [0.25, 0.3) is 0 Å². The highest BCUT2D eigenvalue weighted by Gasteiger charge is 2.17. The van der Waals surface area contributed by atoms with Crippen molar-refractivity contribution in [3.8, 4) is 5.75 Å². The summed E-state index contributed by atoms with van der Waals surface area (Å²) in [6.45, 7) is 2.54. The summed E-state index contributed by atoms with van der Waals surface area (Å²) >= 11 is 0. The highest BCUT2D eigenvalue weighted by Crippen LogP contribution is 2.20. The Kier molecular flexibility index (Phi) is 5.35. The number of nitrogens with two attached hydrogens (primary N) is 1. The Balaban J connectivity index is 2.02. The fourth-order valence-electron chi connectivity index (χ4n) is 1.91. The normalized spacial score (nSPS) is 11.7. The van der Waals surface area contributed by atoms with Gasteiger partial charge in [0.2, 0.25) is 0 Å². The Morgan fingerprint density at radius 2 is 1.90 bits per heavy atom. The van der Waals surface area contributed by atoms with E-state index < -0.39 is 12.0 Å². The predicted molar refractivity (Wildman–Crippen MR) is 80.8 cm³/mol. The van der Waals surface area contributed by atoms with Gasteiger partial charge >= 0.3 is 5.97 Å². The van der Waals surface area contributed by atoms with Gasteiger partial charge < -0.3 is 15.2 Å². The third-order valence-corrected chi connectivity index (χ3v) is 3.01. The van der Waals surface area contributed by atoms with Crippen molar-refractivity contribution in [1.29, 1.82) is 0 Å². The van der Waals surface area contributed by atoms with Crippen molar-refractivity contribution in [2.75, 3.05) is 6.61 Å². The van der Waals surface area contributed by atoms with Crippen LogP contribution < -0.4 is 10.5 Å². The SMILES string of the molecule is CCOC(=O)[C@H](N)c1cccc(OCc2ccccc2)c1. The van der Waals surface area contributed by atoms with E-state index in [1.807, 2.05) is 42.5 Å². The number of benzene rings is 2. The molecule has 2 rings (SSSR count). The highest BCUT2D eigenvalue weighted by atomic mass is 16.5. The molecule has 0 aliphatic rings. The van der Waals surface area contributed by atoms with Gasteiger partial charge in [-0.05, 0) is 30.2 Å². The minimum absolute atomic E-state index is 0.316. The molecule has 0 saturated heterocycles. The summed E-state index contributed by atoms with van der Waals surface area (Å²) in [7, 11) is 0. The standard InChI is InChI=1S/C17H19NO3/c1-2-20-17(19)16(18)14-9-6-10-15(11-14)21-12-13-7-4-3-5-8-13/h3-11,16H,2,12,18H2,1H3/t16-/m1/s1. The van der Waals surface area contributed by atoms with Gasteiger partial charge in [-0.15, -0.1) is 0 Å². The Hall–Kier alpha value is -2.33. The zero-order chi connectivity index (χ0) is 15.1. The van der Waals surface area contributed by atoms with E-state index in [9.17, 15) is 4.79 Å². The molecule has 0 bridgehead atoms. The van der Waals surface area contributed by atoms with Crippen LogP contribution in [0.15, 0.2) is 54.6 Å². The minimum atomic E-state index is -0.787.